The first kappa shape index (κ1) is 21.7. The van der Waals surface area contributed by atoms with E-state index in [4.69, 9.17) is 4.42 Å². The molecule has 5 rings (SSSR count). The van der Waals surface area contributed by atoms with Crippen LogP contribution in [-0.4, -0.2) is 18.5 Å². The zero-order valence-corrected chi connectivity index (χ0v) is 18.4. The summed E-state index contributed by atoms with van der Waals surface area (Å²) in [4.78, 5) is 30.7. The number of nitrogens with zero attached hydrogens (tertiary/aromatic N) is 4. The minimum absolute atomic E-state index is 0.145. The smallest absolute Gasteiger partial charge is 0.416 e. The standard InChI is InChI=1S/C24H19F3N4O3/c1-13-9-29(12-28-13)19-5-6-20-23(33)31(14(2)10-30(20)22(19)32)15(3)18-11-34-21-7-4-16(8-17(18)21)24(25,26)27/h4-12,15H,1-3H3. The molecule has 0 saturated heterocycles. The lowest BCUT2D eigenvalue weighted by Gasteiger charge is -2.19. The normalized spacial score (nSPS) is 13.1. The zero-order chi connectivity index (χ0) is 24.4. The molecule has 0 saturated carbocycles. The van der Waals surface area contributed by atoms with Crippen LogP contribution in [0.2, 0.25) is 0 Å². The number of halogens is 3. The summed E-state index contributed by atoms with van der Waals surface area (Å²) in [5.41, 5.74) is 0.777. The van der Waals surface area contributed by atoms with Crippen molar-refractivity contribution >= 4 is 16.5 Å². The Morgan fingerprint density at radius 3 is 2.47 bits per heavy atom. The minimum atomic E-state index is -4.51. The molecule has 4 heterocycles. The molecule has 0 fully saturated rings. The number of aryl methyl sites for hydroxylation is 2. The first-order chi connectivity index (χ1) is 16.1. The number of aromatic nitrogens is 4. The van der Waals surface area contributed by atoms with E-state index in [1.54, 1.807) is 49.9 Å². The predicted octanol–water partition coefficient (Wildman–Crippen LogP) is 4.64. The molecular formula is C24H19F3N4O3. The van der Waals surface area contributed by atoms with Gasteiger partial charge in [-0.15, -0.1) is 0 Å². The molecule has 10 heteroatoms. The Balaban J connectivity index is 1.67. The molecule has 0 amide bonds. The number of benzene rings is 1. The van der Waals surface area contributed by atoms with Crippen LogP contribution in [0.25, 0.3) is 22.2 Å². The van der Waals surface area contributed by atoms with Gasteiger partial charge in [-0.05, 0) is 51.1 Å². The Bertz CT molecular complexity index is 1690. The molecule has 174 valence electrons. The van der Waals surface area contributed by atoms with Crippen molar-refractivity contribution in [1.29, 1.82) is 0 Å². The van der Waals surface area contributed by atoms with E-state index in [9.17, 15) is 22.8 Å². The van der Waals surface area contributed by atoms with Crippen molar-refractivity contribution in [1.82, 2.24) is 18.5 Å². The summed E-state index contributed by atoms with van der Waals surface area (Å²) >= 11 is 0. The predicted molar refractivity (Wildman–Crippen MR) is 120 cm³/mol. The summed E-state index contributed by atoms with van der Waals surface area (Å²) in [6.07, 6.45) is 1.63. The molecule has 0 aliphatic carbocycles. The van der Waals surface area contributed by atoms with Gasteiger partial charge in [0.15, 0.2) is 0 Å². The molecule has 5 aromatic rings. The van der Waals surface area contributed by atoms with Gasteiger partial charge in [-0.2, -0.15) is 13.2 Å². The van der Waals surface area contributed by atoms with Crippen LogP contribution in [0, 0.1) is 13.8 Å². The van der Waals surface area contributed by atoms with Crippen molar-refractivity contribution in [3.8, 4) is 5.69 Å². The molecule has 1 unspecified atom stereocenters. The van der Waals surface area contributed by atoms with Crippen molar-refractivity contribution in [2.45, 2.75) is 33.0 Å². The Labute approximate surface area is 190 Å². The van der Waals surface area contributed by atoms with Crippen molar-refractivity contribution in [3.05, 3.63) is 98.5 Å². The summed E-state index contributed by atoms with van der Waals surface area (Å²) in [5.74, 6) is 0. The number of hydrogen-bond acceptors (Lipinski definition) is 4. The van der Waals surface area contributed by atoms with Crippen LogP contribution in [0.1, 0.15) is 35.5 Å². The number of pyridine rings is 1. The second kappa shape index (κ2) is 7.47. The van der Waals surface area contributed by atoms with E-state index in [0.717, 1.165) is 17.8 Å². The molecule has 1 aromatic carbocycles. The third-order valence-electron chi connectivity index (χ3n) is 5.99. The number of rotatable bonds is 3. The summed E-state index contributed by atoms with van der Waals surface area (Å²) in [6.45, 7) is 5.17. The fourth-order valence-corrected chi connectivity index (χ4v) is 4.30. The minimum Gasteiger partial charge on any atom is -0.464 e. The third-order valence-corrected chi connectivity index (χ3v) is 5.99. The molecule has 34 heavy (non-hydrogen) atoms. The maximum Gasteiger partial charge on any atom is 0.416 e. The highest BCUT2D eigenvalue weighted by molar-refractivity contribution is 5.82. The first-order valence-corrected chi connectivity index (χ1v) is 10.4. The molecular weight excluding hydrogens is 449 g/mol. The number of furan rings is 1. The van der Waals surface area contributed by atoms with E-state index >= 15 is 0 Å². The average molecular weight is 468 g/mol. The molecule has 0 bridgehead atoms. The Morgan fingerprint density at radius 1 is 1.03 bits per heavy atom. The summed E-state index contributed by atoms with van der Waals surface area (Å²) < 4.78 is 49.5. The van der Waals surface area contributed by atoms with Crippen molar-refractivity contribution < 1.29 is 17.6 Å². The largest absolute Gasteiger partial charge is 0.464 e. The lowest BCUT2D eigenvalue weighted by atomic mass is 10.0. The summed E-state index contributed by atoms with van der Waals surface area (Å²) in [7, 11) is 0. The summed E-state index contributed by atoms with van der Waals surface area (Å²) in [6, 6.07) is 5.70. The van der Waals surface area contributed by atoms with Gasteiger partial charge < -0.3 is 13.6 Å². The SMILES string of the molecule is Cc1cn(-c2ccc3c(=O)n(C(C)c4coc5ccc(C(F)(F)F)cc45)c(C)cn3c2=O)cn1. The van der Waals surface area contributed by atoms with Crippen LogP contribution >= 0.6 is 0 Å². The number of hydrogen-bond donors (Lipinski definition) is 0. The Hall–Kier alpha value is -4.08. The number of alkyl halides is 3. The second-order valence-electron chi connectivity index (χ2n) is 8.22. The van der Waals surface area contributed by atoms with Crippen LogP contribution in [0.15, 0.2) is 69.3 Å². The van der Waals surface area contributed by atoms with E-state index in [2.05, 4.69) is 4.98 Å². The topological polar surface area (TPSA) is 74.4 Å². The molecule has 4 aromatic heterocycles. The van der Waals surface area contributed by atoms with E-state index < -0.39 is 28.9 Å². The zero-order valence-electron chi connectivity index (χ0n) is 18.4. The molecule has 0 N–H and O–H groups in total. The fourth-order valence-electron chi connectivity index (χ4n) is 4.30. The van der Waals surface area contributed by atoms with E-state index in [0.29, 0.717) is 16.9 Å². The average Bonchev–Trinajstić information content (AvgIpc) is 3.39. The summed E-state index contributed by atoms with van der Waals surface area (Å²) in [5, 5.41) is 0.275. The second-order valence-corrected chi connectivity index (χ2v) is 8.22. The molecule has 7 nitrogen and oxygen atoms in total. The highest BCUT2D eigenvalue weighted by Crippen LogP contribution is 2.35. The third kappa shape index (κ3) is 3.33. The van der Waals surface area contributed by atoms with Gasteiger partial charge in [0.25, 0.3) is 11.1 Å². The van der Waals surface area contributed by atoms with Gasteiger partial charge in [0.1, 0.15) is 16.8 Å². The Morgan fingerprint density at radius 2 is 1.79 bits per heavy atom. The molecule has 0 aliphatic heterocycles. The molecule has 1 atom stereocenters. The van der Waals surface area contributed by atoms with Gasteiger partial charge >= 0.3 is 6.18 Å². The maximum atomic E-state index is 13.4. The van der Waals surface area contributed by atoms with Crippen LogP contribution in [-0.2, 0) is 6.18 Å². The van der Waals surface area contributed by atoms with Gasteiger partial charge in [0.05, 0.1) is 29.9 Å². The van der Waals surface area contributed by atoms with Gasteiger partial charge in [-0.25, -0.2) is 4.98 Å². The lowest BCUT2D eigenvalue weighted by molar-refractivity contribution is -0.137. The Kier molecular flexibility index (Phi) is 4.78. The van der Waals surface area contributed by atoms with E-state index in [1.165, 1.54) is 27.6 Å². The number of imidazole rings is 1. The lowest BCUT2D eigenvalue weighted by Crippen LogP contribution is -2.31. The van der Waals surface area contributed by atoms with Gasteiger partial charge in [-0.3, -0.25) is 14.0 Å². The van der Waals surface area contributed by atoms with E-state index in [-0.39, 0.29) is 16.5 Å². The van der Waals surface area contributed by atoms with E-state index in [1.807, 2.05) is 0 Å². The van der Waals surface area contributed by atoms with Crippen LogP contribution in [0.5, 0.6) is 0 Å². The van der Waals surface area contributed by atoms with Crippen LogP contribution < -0.4 is 11.1 Å². The van der Waals surface area contributed by atoms with Gasteiger partial charge in [0, 0.05) is 29.0 Å². The molecule has 0 aliphatic rings. The highest BCUT2D eigenvalue weighted by atomic mass is 19.4. The van der Waals surface area contributed by atoms with Crippen molar-refractivity contribution in [3.63, 3.8) is 0 Å². The fraction of sp³-hybridized carbons (Fsp3) is 0.208. The maximum absolute atomic E-state index is 13.4. The van der Waals surface area contributed by atoms with Crippen molar-refractivity contribution in [2.75, 3.05) is 0 Å². The van der Waals surface area contributed by atoms with Gasteiger partial charge in [-0.1, -0.05) is 0 Å². The highest BCUT2D eigenvalue weighted by Gasteiger charge is 2.31. The monoisotopic (exact) mass is 468 g/mol. The number of fused-ring (bicyclic) bond motifs is 2. The van der Waals surface area contributed by atoms with Crippen molar-refractivity contribution in [2.24, 2.45) is 0 Å². The van der Waals surface area contributed by atoms with Crippen LogP contribution in [0.4, 0.5) is 13.2 Å². The van der Waals surface area contributed by atoms with Crippen LogP contribution in [0.3, 0.4) is 0 Å². The molecule has 0 spiro atoms. The first-order valence-electron chi connectivity index (χ1n) is 10.4. The van der Waals surface area contributed by atoms with Gasteiger partial charge in [0.2, 0.25) is 0 Å². The molecule has 0 radical (unpaired) electrons. The quantitative estimate of drug-likeness (QED) is 0.387.